The highest BCUT2D eigenvalue weighted by atomic mass is 79.9. The van der Waals surface area contributed by atoms with E-state index in [1.807, 2.05) is 6.07 Å². The van der Waals surface area contributed by atoms with Crippen LogP contribution in [0.3, 0.4) is 0 Å². The largest absolute Gasteiger partial charge is 0.451 e. The highest BCUT2D eigenvalue weighted by molar-refractivity contribution is 9.09. The number of benzene rings is 1. The summed E-state index contributed by atoms with van der Waals surface area (Å²) in [6.45, 7) is 1.46. The Kier molecular flexibility index (Phi) is 6.65. The van der Waals surface area contributed by atoms with E-state index in [1.165, 1.54) is 6.92 Å². The summed E-state index contributed by atoms with van der Waals surface area (Å²) in [6, 6.07) is 8.72. The molecule has 1 unspecified atom stereocenters. The number of hydrogen-bond donors (Lipinski definition) is 0. The van der Waals surface area contributed by atoms with Crippen molar-refractivity contribution in [2.45, 2.75) is 32.3 Å². The molecule has 0 aromatic heterocycles. The maximum absolute atomic E-state index is 11.8. The number of ether oxygens (including phenoxy) is 1. The number of esters is 1. The molecule has 0 bridgehead atoms. The van der Waals surface area contributed by atoms with E-state index in [1.54, 1.807) is 24.3 Å². The zero-order chi connectivity index (χ0) is 13.4. The Morgan fingerprint density at radius 2 is 1.89 bits per heavy atom. The van der Waals surface area contributed by atoms with Gasteiger partial charge in [-0.25, -0.2) is 4.79 Å². The van der Waals surface area contributed by atoms with E-state index in [-0.39, 0.29) is 5.78 Å². The lowest BCUT2D eigenvalue weighted by atomic mass is 10.1. The molecule has 0 heterocycles. The Bertz CT molecular complexity index is 389. The summed E-state index contributed by atoms with van der Waals surface area (Å²) in [4.78, 5) is 23.2. The number of rotatable bonds is 7. The van der Waals surface area contributed by atoms with Gasteiger partial charge in [0.1, 0.15) is 0 Å². The minimum atomic E-state index is -0.628. The third kappa shape index (κ3) is 5.00. The Morgan fingerprint density at radius 3 is 2.44 bits per heavy atom. The minimum Gasteiger partial charge on any atom is -0.451 e. The van der Waals surface area contributed by atoms with Gasteiger partial charge in [0.05, 0.1) is 5.56 Å². The maximum Gasteiger partial charge on any atom is 0.338 e. The third-order valence-corrected chi connectivity index (χ3v) is 3.12. The van der Waals surface area contributed by atoms with E-state index in [4.69, 9.17) is 4.74 Å². The summed E-state index contributed by atoms with van der Waals surface area (Å²) in [5.41, 5.74) is 0.476. The van der Waals surface area contributed by atoms with Crippen molar-refractivity contribution >= 4 is 27.7 Å². The summed E-state index contributed by atoms with van der Waals surface area (Å²) in [5, 5.41) is 0.893. The molecule has 0 aliphatic rings. The van der Waals surface area contributed by atoms with Crippen molar-refractivity contribution in [1.29, 1.82) is 0 Å². The number of unbranched alkanes of at least 4 members (excludes halogenated alkanes) is 1. The van der Waals surface area contributed by atoms with Gasteiger partial charge in [0.2, 0.25) is 0 Å². The van der Waals surface area contributed by atoms with Crippen LogP contribution in [0.1, 0.15) is 36.5 Å². The molecule has 0 radical (unpaired) electrons. The van der Waals surface area contributed by atoms with E-state index in [9.17, 15) is 9.59 Å². The molecule has 98 valence electrons. The summed E-state index contributed by atoms with van der Waals surface area (Å²) in [6.07, 6.45) is 1.78. The van der Waals surface area contributed by atoms with Crippen LogP contribution in [0.15, 0.2) is 30.3 Å². The molecular formula is C14H17BrO3. The topological polar surface area (TPSA) is 43.4 Å². The predicted molar refractivity (Wildman–Crippen MR) is 74.0 cm³/mol. The van der Waals surface area contributed by atoms with E-state index in [2.05, 4.69) is 15.9 Å². The highest BCUT2D eigenvalue weighted by Crippen LogP contribution is 2.11. The molecule has 0 fully saturated rings. The van der Waals surface area contributed by atoms with Gasteiger partial charge in [-0.05, 0) is 38.3 Å². The van der Waals surface area contributed by atoms with Crippen molar-refractivity contribution in [2.24, 2.45) is 0 Å². The molecule has 18 heavy (non-hydrogen) atoms. The molecule has 0 saturated carbocycles. The Labute approximate surface area is 116 Å². The van der Waals surface area contributed by atoms with Crippen LogP contribution in [0.5, 0.6) is 0 Å². The summed E-state index contributed by atoms with van der Waals surface area (Å²) >= 11 is 3.33. The number of ketones is 1. The van der Waals surface area contributed by atoms with Crippen molar-refractivity contribution in [1.82, 2.24) is 0 Å². The van der Waals surface area contributed by atoms with Crippen LogP contribution in [0, 0.1) is 0 Å². The van der Waals surface area contributed by atoms with E-state index >= 15 is 0 Å². The fourth-order valence-electron chi connectivity index (χ4n) is 1.54. The minimum absolute atomic E-state index is 0.103. The Balaban J connectivity index is 2.55. The van der Waals surface area contributed by atoms with Crippen LogP contribution >= 0.6 is 15.9 Å². The van der Waals surface area contributed by atoms with Gasteiger partial charge in [0.15, 0.2) is 11.9 Å². The number of halogens is 1. The highest BCUT2D eigenvalue weighted by Gasteiger charge is 2.19. The van der Waals surface area contributed by atoms with Gasteiger partial charge >= 0.3 is 5.97 Å². The molecule has 0 amide bonds. The second kappa shape index (κ2) is 8.03. The van der Waals surface area contributed by atoms with Gasteiger partial charge in [0, 0.05) is 5.33 Å². The van der Waals surface area contributed by atoms with Crippen molar-refractivity contribution in [3.8, 4) is 0 Å². The molecule has 1 aromatic rings. The van der Waals surface area contributed by atoms with Crippen molar-refractivity contribution < 1.29 is 14.3 Å². The molecule has 0 aliphatic carbocycles. The average Bonchev–Trinajstić information content (AvgIpc) is 2.38. The monoisotopic (exact) mass is 312 g/mol. The number of carbonyl (C=O) groups is 2. The van der Waals surface area contributed by atoms with Gasteiger partial charge in [-0.2, -0.15) is 0 Å². The smallest absolute Gasteiger partial charge is 0.338 e. The van der Waals surface area contributed by atoms with Crippen LogP contribution in [0.4, 0.5) is 0 Å². The standard InChI is InChI=1S/C14H17BrO3/c1-11(16)13(9-5-6-10-15)18-14(17)12-7-3-2-4-8-12/h2-4,7-8,13H,5-6,9-10H2,1H3. The predicted octanol–water partition coefficient (Wildman–Crippen LogP) is 3.37. The van der Waals surface area contributed by atoms with Crippen molar-refractivity contribution in [2.75, 3.05) is 5.33 Å². The zero-order valence-corrected chi connectivity index (χ0v) is 12.0. The molecule has 1 atom stereocenters. The fraction of sp³-hybridized carbons (Fsp3) is 0.429. The first kappa shape index (κ1) is 14.9. The van der Waals surface area contributed by atoms with Gasteiger partial charge in [0.25, 0.3) is 0 Å². The quantitative estimate of drug-likeness (QED) is 0.440. The normalized spacial score (nSPS) is 11.9. The van der Waals surface area contributed by atoms with Gasteiger partial charge in [-0.15, -0.1) is 0 Å². The van der Waals surface area contributed by atoms with Crippen molar-refractivity contribution in [3.63, 3.8) is 0 Å². The van der Waals surface area contributed by atoms with Crippen LogP contribution in [-0.2, 0) is 9.53 Å². The zero-order valence-electron chi connectivity index (χ0n) is 10.4. The lowest BCUT2D eigenvalue weighted by Crippen LogP contribution is -2.25. The van der Waals surface area contributed by atoms with Gasteiger partial charge < -0.3 is 4.74 Å². The van der Waals surface area contributed by atoms with E-state index in [0.717, 1.165) is 18.2 Å². The Morgan fingerprint density at radius 1 is 1.22 bits per heavy atom. The fourth-order valence-corrected chi connectivity index (χ4v) is 1.94. The summed E-state index contributed by atoms with van der Waals surface area (Å²) in [5.74, 6) is -0.538. The second-order valence-corrected chi connectivity index (χ2v) is 4.85. The third-order valence-electron chi connectivity index (χ3n) is 2.56. The van der Waals surface area contributed by atoms with Crippen LogP contribution in [-0.4, -0.2) is 23.2 Å². The van der Waals surface area contributed by atoms with Gasteiger partial charge in [-0.1, -0.05) is 34.1 Å². The SMILES string of the molecule is CC(=O)C(CCCCBr)OC(=O)c1ccccc1. The summed E-state index contributed by atoms with van der Waals surface area (Å²) in [7, 11) is 0. The number of Topliss-reactive ketones (excluding diaryl/α,β-unsaturated/α-hetero) is 1. The first-order chi connectivity index (χ1) is 8.65. The molecule has 0 spiro atoms. The van der Waals surface area contributed by atoms with Gasteiger partial charge in [-0.3, -0.25) is 4.79 Å². The van der Waals surface area contributed by atoms with Crippen LogP contribution < -0.4 is 0 Å². The van der Waals surface area contributed by atoms with Crippen LogP contribution in [0.2, 0.25) is 0 Å². The summed E-state index contributed by atoms with van der Waals surface area (Å²) < 4.78 is 5.24. The number of alkyl halides is 1. The second-order valence-electron chi connectivity index (χ2n) is 4.06. The molecule has 4 heteroatoms. The van der Waals surface area contributed by atoms with Crippen molar-refractivity contribution in [3.05, 3.63) is 35.9 Å². The first-order valence-electron chi connectivity index (χ1n) is 5.97. The molecular weight excluding hydrogens is 296 g/mol. The molecule has 1 rings (SSSR count). The molecule has 3 nitrogen and oxygen atoms in total. The lowest BCUT2D eigenvalue weighted by Gasteiger charge is -2.14. The maximum atomic E-state index is 11.8. The average molecular weight is 313 g/mol. The molecule has 0 N–H and O–H groups in total. The number of carbonyl (C=O) groups excluding carboxylic acids is 2. The molecule has 1 aromatic carbocycles. The Hall–Kier alpha value is -1.16. The van der Waals surface area contributed by atoms with E-state index < -0.39 is 12.1 Å². The molecule has 0 aliphatic heterocycles. The lowest BCUT2D eigenvalue weighted by molar-refractivity contribution is -0.125. The molecule has 0 saturated heterocycles. The first-order valence-corrected chi connectivity index (χ1v) is 7.09. The van der Waals surface area contributed by atoms with Crippen LogP contribution in [0.25, 0.3) is 0 Å². The van der Waals surface area contributed by atoms with E-state index in [0.29, 0.717) is 12.0 Å². The number of hydrogen-bond acceptors (Lipinski definition) is 3.